The van der Waals surface area contributed by atoms with Crippen molar-refractivity contribution in [3.8, 4) is 0 Å². The predicted octanol–water partition coefficient (Wildman–Crippen LogP) is 2.88. The molecule has 0 aliphatic rings. The second kappa shape index (κ2) is 4.02. The van der Waals surface area contributed by atoms with Gasteiger partial charge in [0.05, 0.1) is 11.9 Å². The van der Waals surface area contributed by atoms with E-state index in [4.69, 9.17) is 0 Å². The maximum Gasteiger partial charge on any atom is 0.267 e. The number of hydrogen-bond acceptors (Lipinski definition) is 3. The van der Waals surface area contributed by atoms with E-state index in [1.807, 2.05) is 36.4 Å². The largest absolute Gasteiger partial charge is 0.267 e. The molecular formula is C11H10N2O2S. The number of hydrogen-bond donors (Lipinski definition) is 0. The van der Waals surface area contributed by atoms with Crippen molar-refractivity contribution >= 4 is 26.5 Å². The predicted molar refractivity (Wildman–Crippen MR) is 63.3 cm³/mol. The molecule has 0 aliphatic heterocycles. The lowest BCUT2D eigenvalue weighted by atomic mass is 10.1. The van der Waals surface area contributed by atoms with Crippen molar-refractivity contribution in [2.24, 2.45) is 9.63 Å². The van der Waals surface area contributed by atoms with Gasteiger partial charge in [-0.15, -0.1) is 5.11 Å². The van der Waals surface area contributed by atoms with E-state index in [-0.39, 0.29) is 0 Å². The Labute approximate surface area is 93.7 Å². The van der Waals surface area contributed by atoms with Crippen molar-refractivity contribution in [2.45, 2.75) is 0 Å². The van der Waals surface area contributed by atoms with Gasteiger partial charge in [-0.3, -0.25) is 0 Å². The fourth-order valence-electron chi connectivity index (χ4n) is 1.41. The highest BCUT2D eigenvalue weighted by Gasteiger charge is 2.00. The van der Waals surface area contributed by atoms with E-state index in [0.29, 0.717) is 5.69 Å². The molecule has 5 heteroatoms. The molecule has 4 nitrogen and oxygen atoms in total. The molecule has 2 rings (SSSR count). The summed E-state index contributed by atoms with van der Waals surface area (Å²) in [5.41, 5.74) is 0.559. The molecule has 2 aromatic rings. The fraction of sp³-hybridized carbons (Fsp3) is 0.0909. The van der Waals surface area contributed by atoms with Gasteiger partial charge in [-0.25, -0.2) is 8.42 Å². The number of benzene rings is 2. The van der Waals surface area contributed by atoms with Crippen LogP contribution in [0.15, 0.2) is 52.1 Å². The van der Waals surface area contributed by atoms with E-state index in [9.17, 15) is 8.42 Å². The quantitative estimate of drug-likeness (QED) is 0.750. The molecule has 16 heavy (non-hydrogen) atoms. The normalized spacial score (nSPS) is 12.3. The molecule has 0 N–H and O–H groups in total. The van der Waals surface area contributed by atoms with Crippen LogP contribution in [0.1, 0.15) is 0 Å². The third-order valence-electron chi connectivity index (χ3n) is 2.06. The molecule has 2 aromatic carbocycles. The van der Waals surface area contributed by atoms with Crippen LogP contribution >= 0.6 is 0 Å². The highest BCUT2D eigenvalue weighted by atomic mass is 32.2. The summed E-state index contributed by atoms with van der Waals surface area (Å²) in [4.78, 5) is 0. The topological polar surface area (TPSA) is 58.9 Å². The first-order valence-corrected chi connectivity index (χ1v) is 6.52. The van der Waals surface area contributed by atoms with Gasteiger partial charge in [-0.1, -0.05) is 40.9 Å². The Hall–Kier alpha value is -1.75. The standard InChI is InChI=1S/C11H10N2O2S/c1-16(14,15)13-12-11-8-4-6-9-5-2-3-7-10(9)11/h2-8H,1H3. The summed E-state index contributed by atoms with van der Waals surface area (Å²) >= 11 is 0. The van der Waals surface area contributed by atoms with E-state index in [0.717, 1.165) is 17.0 Å². The van der Waals surface area contributed by atoms with Crippen molar-refractivity contribution in [1.82, 2.24) is 0 Å². The molecular weight excluding hydrogens is 224 g/mol. The van der Waals surface area contributed by atoms with Gasteiger partial charge in [-0.05, 0) is 11.5 Å². The zero-order valence-electron chi connectivity index (χ0n) is 8.66. The Morgan fingerprint density at radius 2 is 1.69 bits per heavy atom. The number of nitrogens with zero attached hydrogens (tertiary/aromatic N) is 2. The first kappa shape index (κ1) is 10.8. The highest BCUT2D eigenvalue weighted by Crippen LogP contribution is 2.25. The Morgan fingerprint density at radius 1 is 1.00 bits per heavy atom. The molecule has 0 atom stereocenters. The summed E-state index contributed by atoms with van der Waals surface area (Å²) in [6.45, 7) is 0. The van der Waals surface area contributed by atoms with Gasteiger partial charge in [0.2, 0.25) is 0 Å². The number of sulfonamides is 1. The van der Waals surface area contributed by atoms with Crippen LogP contribution in [-0.4, -0.2) is 14.7 Å². The molecule has 0 saturated carbocycles. The van der Waals surface area contributed by atoms with E-state index < -0.39 is 10.0 Å². The van der Waals surface area contributed by atoms with Crippen molar-refractivity contribution in [3.05, 3.63) is 42.5 Å². The van der Waals surface area contributed by atoms with Crippen LogP contribution in [0.4, 0.5) is 5.69 Å². The molecule has 0 unspecified atom stereocenters. The van der Waals surface area contributed by atoms with Gasteiger partial charge in [0.15, 0.2) is 0 Å². The molecule has 0 radical (unpaired) electrons. The maximum absolute atomic E-state index is 10.9. The highest BCUT2D eigenvalue weighted by molar-refractivity contribution is 7.89. The van der Waals surface area contributed by atoms with E-state index in [1.165, 1.54) is 0 Å². The smallest absolute Gasteiger partial charge is 0.203 e. The van der Waals surface area contributed by atoms with Crippen molar-refractivity contribution in [2.75, 3.05) is 6.26 Å². The molecule has 0 spiro atoms. The minimum absolute atomic E-state index is 0.559. The molecule has 0 amide bonds. The summed E-state index contributed by atoms with van der Waals surface area (Å²) in [7, 11) is -3.43. The molecule has 0 fully saturated rings. The Morgan fingerprint density at radius 3 is 2.44 bits per heavy atom. The van der Waals surface area contributed by atoms with E-state index in [2.05, 4.69) is 9.63 Å². The van der Waals surface area contributed by atoms with Crippen molar-refractivity contribution in [3.63, 3.8) is 0 Å². The van der Waals surface area contributed by atoms with Crippen LogP contribution in [0.3, 0.4) is 0 Å². The van der Waals surface area contributed by atoms with Gasteiger partial charge in [0, 0.05) is 5.39 Å². The van der Waals surface area contributed by atoms with Gasteiger partial charge >= 0.3 is 0 Å². The van der Waals surface area contributed by atoms with Crippen LogP contribution in [0, 0.1) is 0 Å². The van der Waals surface area contributed by atoms with Gasteiger partial charge in [0.25, 0.3) is 10.0 Å². The zero-order valence-corrected chi connectivity index (χ0v) is 9.48. The monoisotopic (exact) mass is 234 g/mol. The third-order valence-corrected chi connectivity index (χ3v) is 2.44. The number of fused-ring (bicyclic) bond motifs is 1. The molecule has 0 aromatic heterocycles. The van der Waals surface area contributed by atoms with Crippen LogP contribution in [0.2, 0.25) is 0 Å². The average Bonchev–Trinajstić information content (AvgIpc) is 2.25. The lowest BCUT2D eigenvalue weighted by molar-refractivity contribution is 0.601. The van der Waals surface area contributed by atoms with Gasteiger partial charge < -0.3 is 0 Å². The van der Waals surface area contributed by atoms with Crippen LogP contribution in [-0.2, 0) is 10.0 Å². The summed E-state index contributed by atoms with van der Waals surface area (Å²) in [5, 5.41) is 5.64. The minimum atomic E-state index is -3.43. The van der Waals surface area contributed by atoms with Crippen molar-refractivity contribution in [1.29, 1.82) is 0 Å². The van der Waals surface area contributed by atoms with Crippen LogP contribution in [0.25, 0.3) is 10.8 Å². The van der Waals surface area contributed by atoms with Crippen LogP contribution in [0.5, 0.6) is 0 Å². The Balaban J connectivity index is 2.57. The second-order valence-electron chi connectivity index (χ2n) is 3.41. The zero-order chi connectivity index (χ0) is 11.6. The maximum atomic E-state index is 10.9. The third kappa shape index (κ3) is 2.43. The van der Waals surface area contributed by atoms with E-state index in [1.54, 1.807) is 6.07 Å². The second-order valence-corrected chi connectivity index (χ2v) is 5.04. The molecule has 82 valence electrons. The van der Waals surface area contributed by atoms with Gasteiger partial charge in [0.1, 0.15) is 0 Å². The average molecular weight is 234 g/mol. The molecule has 0 bridgehead atoms. The summed E-state index contributed by atoms with van der Waals surface area (Å²) in [6.07, 6.45) is 1.02. The lowest BCUT2D eigenvalue weighted by Crippen LogP contribution is -1.86. The summed E-state index contributed by atoms with van der Waals surface area (Å²) in [5.74, 6) is 0. The Kier molecular flexibility index (Phi) is 2.70. The molecule has 0 aliphatic carbocycles. The summed E-state index contributed by atoms with van der Waals surface area (Å²) < 4.78 is 25.0. The van der Waals surface area contributed by atoms with E-state index >= 15 is 0 Å². The fourth-order valence-corrected chi connectivity index (χ4v) is 1.65. The first-order chi connectivity index (χ1) is 7.56. The Bertz CT molecular complexity index is 643. The SMILES string of the molecule is CS(=O)(=O)N=Nc1cccc2ccccc12. The van der Waals surface area contributed by atoms with Gasteiger partial charge in [-0.2, -0.15) is 0 Å². The minimum Gasteiger partial charge on any atom is -0.203 e. The van der Waals surface area contributed by atoms with Crippen LogP contribution < -0.4 is 0 Å². The van der Waals surface area contributed by atoms with Crippen molar-refractivity contribution < 1.29 is 8.42 Å². The molecule has 0 heterocycles. The summed E-state index contributed by atoms with van der Waals surface area (Å²) in [6, 6.07) is 13.1. The first-order valence-electron chi connectivity index (χ1n) is 4.67. The lowest BCUT2D eigenvalue weighted by Gasteiger charge is -1.99. The number of rotatable bonds is 2. The molecule has 0 saturated heterocycles.